The number of anilines is 2. The second kappa shape index (κ2) is 16.2. The molecule has 0 bridgehead atoms. The van der Waals surface area contributed by atoms with Gasteiger partial charge in [0.25, 0.3) is 5.91 Å². The lowest BCUT2D eigenvalue weighted by Crippen LogP contribution is -2.52. The summed E-state index contributed by atoms with van der Waals surface area (Å²) in [5.41, 5.74) is 5.19. The number of carboxylic acids is 1. The minimum absolute atomic E-state index is 0.0298. The van der Waals surface area contributed by atoms with Crippen LogP contribution in [-0.4, -0.2) is 88.8 Å². The summed E-state index contributed by atoms with van der Waals surface area (Å²) in [7, 11) is 0. The van der Waals surface area contributed by atoms with Gasteiger partial charge in [-0.25, -0.2) is 14.8 Å². The predicted octanol–water partition coefficient (Wildman–Crippen LogP) is 6.56. The van der Waals surface area contributed by atoms with Crippen LogP contribution in [0, 0.1) is 6.92 Å². The smallest absolute Gasteiger partial charge is 0.358 e. The van der Waals surface area contributed by atoms with Gasteiger partial charge in [-0.2, -0.15) is 0 Å². The highest BCUT2D eigenvalue weighted by atomic mass is 32.1. The van der Waals surface area contributed by atoms with E-state index in [2.05, 4.69) is 26.6 Å². The molecule has 3 aromatic carbocycles. The molecule has 55 heavy (non-hydrogen) atoms. The Hall–Kier alpha value is -5.37. The summed E-state index contributed by atoms with van der Waals surface area (Å²) in [6, 6.07) is 23.3. The van der Waals surface area contributed by atoms with E-state index in [-0.39, 0.29) is 24.2 Å². The number of esters is 1. The van der Waals surface area contributed by atoms with Gasteiger partial charge in [0, 0.05) is 49.9 Å². The molecule has 286 valence electrons. The first-order chi connectivity index (χ1) is 26.4. The van der Waals surface area contributed by atoms with Gasteiger partial charge in [-0.1, -0.05) is 47.7 Å². The van der Waals surface area contributed by atoms with Gasteiger partial charge in [0.2, 0.25) is 0 Å². The zero-order valence-corrected chi connectivity index (χ0v) is 32.4. The number of carboxylic acid groups (broad SMARTS) is 1. The number of aromatic nitrogens is 2. The fourth-order valence-electron chi connectivity index (χ4n) is 7.20. The van der Waals surface area contributed by atoms with Crippen molar-refractivity contribution >= 4 is 50.3 Å². The van der Waals surface area contributed by atoms with Crippen LogP contribution in [-0.2, 0) is 22.5 Å². The highest BCUT2D eigenvalue weighted by molar-refractivity contribution is 7.22. The quantitative estimate of drug-likeness (QED) is 0.126. The zero-order chi connectivity index (χ0) is 38.7. The number of nitrogens with one attached hydrogen (secondary N) is 2. The van der Waals surface area contributed by atoms with Gasteiger partial charge in [0.1, 0.15) is 17.2 Å². The van der Waals surface area contributed by atoms with Crippen LogP contribution in [0.2, 0.25) is 0 Å². The van der Waals surface area contributed by atoms with Gasteiger partial charge in [0.15, 0.2) is 10.8 Å². The van der Waals surface area contributed by atoms with E-state index >= 15 is 0 Å². The van der Waals surface area contributed by atoms with E-state index in [4.69, 9.17) is 14.5 Å². The third kappa shape index (κ3) is 8.96. The third-order valence-corrected chi connectivity index (χ3v) is 10.8. The lowest BCUT2D eigenvalue weighted by molar-refractivity contribution is -0.138. The number of aliphatic carboxylic acids is 1. The zero-order valence-electron chi connectivity index (χ0n) is 31.6. The number of nitrogens with zero attached hydrogens (tertiary/aromatic N) is 4. The van der Waals surface area contributed by atoms with Crippen molar-refractivity contribution < 1.29 is 29.0 Å². The second-order valence-electron chi connectivity index (χ2n) is 15.0. The number of thiazole rings is 1. The summed E-state index contributed by atoms with van der Waals surface area (Å²) in [5, 5.41) is 16.2. The number of hydrogen-bond acceptors (Lipinski definition) is 11. The molecule has 2 aliphatic heterocycles. The fraction of sp³-hybridized carbons (Fsp3) is 0.357. The van der Waals surface area contributed by atoms with Crippen molar-refractivity contribution in [1.82, 2.24) is 20.2 Å². The summed E-state index contributed by atoms with van der Waals surface area (Å²) >= 11 is 1.44. The molecule has 3 N–H and O–H groups in total. The van der Waals surface area contributed by atoms with E-state index in [0.29, 0.717) is 73.5 Å². The molecule has 1 amide bonds. The average Bonchev–Trinajstić information content (AvgIpc) is 3.56. The Morgan fingerprint density at radius 3 is 2.60 bits per heavy atom. The van der Waals surface area contributed by atoms with Crippen LogP contribution in [0.1, 0.15) is 64.7 Å². The maximum absolute atomic E-state index is 13.9. The number of fused-ring (bicyclic) bond motifs is 2. The molecule has 1 atom stereocenters. The van der Waals surface area contributed by atoms with Crippen molar-refractivity contribution in [3.05, 3.63) is 101 Å². The first-order valence-corrected chi connectivity index (χ1v) is 19.4. The molecule has 12 nitrogen and oxygen atoms in total. The van der Waals surface area contributed by atoms with Gasteiger partial charge >= 0.3 is 11.9 Å². The van der Waals surface area contributed by atoms with Crippen molar-refractivity contribution in [1.29, 1.82) is 0 Å². The number of benzene rings is 3. The normalized spacial score (nSPS) is 16.1. The Morgan fingerprint density at radius 1 is 0.982 bits per heavy atom. The Bertz CT molecular complexity index is 2200. The summed E-state index contributed by atoms with van der Waals surface area (Å²) in [6.07, 6.45) is 1.42. The van der Waals surface area contributed by atoms with Gasteiger partial charge in [-0.3, -0.25) is 19.8 Å². The average molecular weight is 763 g/mol. The molecule has 5 aromatic rings. The van der Waals surface area contributed by atoms with Gasteiger partial charge < -0.3 is 24.8 Å². The standard InChI is InChI=1S/C42H46N6O6S/c1-26-29(10-8-13-34(26)53-22-18-28-23-47(21-19-43-28)25-37(49)50)30-15-16-36(45-38(30)40(52)54-42(2,3)4)48-20-17-27-9-7-11-31(32(27)24-48)39(51)46-41-44-33-12-5-6-14-35(33)55-41/h5-16,28,43H,17-25H2,1-4H3,(H,49,50)(H,44,46,51)/t28-/m0/s1. The summed E-state index contributed by atoms with van der Waals surface area (Å²) in [5.74, 6) is -0.270. The van der Waals surface area contributed by atoms with Crippen LogP contribution < -0.4 is 20.3 Å². The highest BCUT2D eigenvalue weighted by Crippen LogP contribution is 2.35. The minimum Gasteiger partial charge on any atom is -0.493 e. The fourth-order valence-corrected chi connectivity index (χ4v) is 8.06. The summed E-state index contributed by atoms with van der Waals surface area (Å²) in [6.45, 7) is 11.1. The van der Waals surface area contributed by atoms with E-state index < -0.39 is 17.5 Å². The molecule has 0 unspecified atom stereocenters. The number of ether oxygens (including phenoxy) is 2. The van der Waals surface area contributed by atoms with Crippen molar-refractivity contribution in [2.24, 2.45) is 0 Å². The van der Waals surface area contributed by atoms with Crippen LogP contribution in [0.4, 0.5) is 10.9 Å². The number of para-hydroxylation sites is 1. The lowest BCUT2D eigenvalue weighted by atomic mass is 9.94. The Kier molecular flexibility index (Phi) is 11.1. The maximum atomic E-state index is 13.9. The molecule has 2 aliphatic rings. The van der Waals surface area contributed by atoms with E-state index in [1.165, 1.54) is 11.3 Å². The van der Waals surface area contributed by atoms with E-state index in [0.717, 1.165) is 39.0 Å². The molecule has 13 heteroatoms. The first kappa shape index (κ1) is 37.9. The number of carbonyl (C=O) groups is 3. The molecular weight excluding hydrogens is 717 g/mol. The summed E-state index contributed by atoms with van der Waals surface area (Å²) in [4.78, 5) is 52.3. The number of piperazine rings is 1. The Morgan fingerprint density at radius 2 is 1.80 bits per heavy atom. The highest BCUT2D eigenvalue weighted by Gasteiger charge is 2.28. The minimum atomic E-state index is -0.825. The van der Waals surface area contributed by atoms with Gasteiger partial charge in [0.05, 0.1) is 23.4 Å². The van der Waals surface area contributed by atoms with Gasteiger partial charge in [-0.15, -0.1) is 0 Å². The number of pyridine rings is 1. The van der Waals surface area contributed by atoms with Crippen LogP contribution in [0.25, 0.3) is 21.3 Å². The second-order valence-corrected chi connectivity index (χ2v) is 16.0. The largest absolute Gasteiger partial charge is 0.493 e. The third-order valence-electron chi connectivity index (χ3n) is 9.83. The lowest BCUT2D eigenvalue weighted by Gasteiger charge is -2.32. The number of hydrogen-bond donors (Lipinski definition) is 3. The molecule has 1 fully saturated rings. The molecule has 7 rings (SSSR count). The molecule has 0 saturated carbocycles. The number of amides is 1. The maximum Gasteiger partial charge on any atom is 0.358 e. The molecule has 1 saturated heterocycles. The summed E-state index contributed by atoms with van der Waals surface area (Å²) < 4.78 is 13.2. The molecular formula is C42H46N6O6S. The van der Waals surface area contributed by atoms with Crippen LogP contribution in [0.5, 0.6) is 5.75 Å². The Balaban J connectivity index is 1.12. The van der Waals surface area contributed by atoms with Crippen LogP contribution >= 0.6 is 11.3 Å². The predicted molar refractivity (Wildman–Crippen MR) is 214 cm³/mol. The van der Waals surface area contributed by atoms with Crippen LogP contribution in [0.3, 0.4) is 0 Å². The molecule has 2 aromatic heterocycles. The van der Waals surface area contributed by atoms with Crippen molar-refractivity contribution in [3.8, 4) is 16.9 Å². The molecule has 0 spiro atoms. The van der Waals surface area contributed by atoms with E-state index in [9.17, 15) is 19.5 Å². The first-order valence-electron chi connectivity index (χ1n) is 18.6. The molecule has 0 radical (unpaired) electrons. The van der Waals surface area contributed by atoms with E-state index in [1.807, 2.05) is 99.3 Å². The van der Waals surface area contributed by atoms with Crippen molar-refractivity contribution in [2.45, 2.75) is 58.7 Å². The monoisotopic (exact) mass is 762 g/mol. The van der Waals surface area contributed by atoms with Crippen molar-refractivity contribution in [3.63, 3.8) is 0 Å². The van der Waals surface area contributed by atoms with Crippen molar-refractivity contribution in [2.75, 3.05) is 49.5 Å². The molecule has 0 aliphatic carbocycles. The SMILES string of the molecule is Cc1c(OCC[C@H]2CN(CC(=O)O)CCN2)cccc1-c1ccc(N2CCc3cccc(C(=O)Nc4nc5ccccc5s4)c3C2)nc1C(=O)OC(C)(C)C. The number of carbonyl (C=O) groups excluding carboxylic acids is 2. The Labute approximate surface area is 324 Å². The van der Waals surface area contributed by atoms with Crippen LogP contribution in [0.15, 0.2) is 72.8 Å². The topological polar surface area (TPSA) is 146 Å². The van der Waals surface area contributed by atoms with Gasteiger partial charge in [-0.05, 0) is 99.2 Å². The molecule has 4 heterocycles. The number of rotatable bonds is 11. The van der Waals surface area contributed by atoms with E-state index in [1.54, 1.807) is 0 Å².